The van der Waals surface area contributed by atoms with E-state index in [1.807, 2.05) is 24.3 Å². The molecule has 1 aromatic carbocycles. The third-order valence-corrected chi connectivity index (χ3v) is 3.22. The Labute approximate surface area is 123 Å². The minimum atomic E-state index is -0.0722. The molecular weight excluding hydrogens is 274 g/mol. The number of aromatic nitrogens is 1. The van der Waals surface area contributed by atoms with Crippen molar-refractivity contribution in [1.29, 1.82) is 0 Å². The van der Waals surface area contributed by atoms with E-state index in [9.17, 15) is 4.79 Å². The number of anilines is 1. The first kappa shape index (κ1) is 14.3. The van der Waals surface area contributed by atoms with Gasteiger partial charge in [-0.1, -0.05) is 23.7 Å². The molecule has 0 bridgehead atoms. The molecule has 1 aromatic heterocycles. The molecule has 104 valence electrons. The maximum atomic E-state index is 11.6. The maximum absolute atomic E-state index is 11.6. The van der Waals surface area contributed by atoms with Gasteiger partial charge in [-0.15, -0.1) is 0 Å². The number of benzene rings is 1. The van der Waals surface area contributed by atoms with Crippen LogP contribution in [0.3, 0.4) is 0 Å². The van der Waals surface area contributed by atoms with Crippen molar-refractivity contribution >= 4 is 23.2 Å². The second-order valence-corrected chi connectivity index (χ2v) is 4.72. The lowest BCUT2D eigenvalue weighted by Crippen LogP contribution is -2.18. The third-order valence-electron chi connectivity index (χ3n) is 2.92. The average molecular weight is 290 g/mol. The molecule has 0 aliphatic rings. The maximum Gasteiger partial charge on any atom is 0.251 e. The van der Waals surface area contributed by atoms with Gasteiger partial charge >= 0.3 is 0 Å². The number of amides is 1. The van der Waals surface area contributed by atoms with E-state index in [1.54, 1.807) is 25.5 Å². The van der Waals surface area contributed by atoms with Crippen LogP contribution in [0.5, 0.6) is 0 Å². The molecule has 0 unspecified atom stereocenters. The molecule has 0 spiro atoms. The molecule has 0 saturated heterocycles. The Hall–Kier alpha value is -2.07. The normalized spacial score (nSPS) is 10.1. The molecule has 4 nitrogen and oxygen atoms in total. The summed E-state index contributed by atoms with van der Waals surface area (Å²) in [6.07, 6.45) is 4.11. The first-order valence-corrected chi connectivity index (χ1v) is 6.73. The highest BCUT2D eigenvalue weighted by atomic mass is 35.5. The van der Waals surface area contributed by atoms with Gasteiger partial charge < -0.3 is 10.6 Å². The van der Waals surface area contributed by atoms with E-state index in [1.165, 1.54) is 0 Å². The summed E-state index contributed by atoms with van der Waals surface area (Å²) in [6, 6.07) is 9.43. The average Bonchev–Trinajstić information content (AvgIpc) is 2.49. The van der Waals surface area contributed by atoms with Gasteiger partial charge in [-0.25, -0.2) is 0 Å². The van der Waals surface area contributed by atoms with Gasteiger partial charge in [-0.05, 0) is 30.2 Å². The van der Waals surface area contributed by atoms with Crippen LogP contribution in [-0.2, 0) is 6.42 Å². The van der Waals surface area contributed by atoms with Crippen molar-refractivity contribution in [2.75, 3.05) is 18.9 Å². The molecule has 0 radical (unpaired) electrons. The number of pyridine rings is 1. The van der Waals surface area contributed by atoms with Crippen LogP contribution in [-0.4, -0.2) is 24.5 Å². The number of carbonyl (C=O) groups excluding carboxylic acids is 1. The van der Waals surface area contributed by atoms with Crippen molar-refractivity contribution < 1.29 is 4.79 Å². The van der Waals surface area contributed by atoms with Crippen molar-refractivity contribution in [3.8, 4) is 0 Å². The number of nitrogens with one attached hydrogen (secondary N) is 2. The van der Waals surface area contributed by atoms with E-state index in [4.69, 9.17) is 11.6 Å². The number of carbonyl (C=O) groups is 1. The molecule has 2 aromatic rings. The van der Waals surface area contributed by atoms with Crippen LogP contribution in [0.1, 0.15) is 15.9 Å². The van der Waals surface area contributed by atoms with Crippen molar-refractivity contribution in [3.05, 3.63) is 58.9 Å². The number of nitrogens with zero attached hydrogens (tertiary/aromatic N) is 1. The van der Waals surface area contributed by atoms with Gasteiger partial charge in [0.2, 0.25) is 0 Å². The number of halogens is 1. The summed E-state index contributed by atoms with van der Waals surface area (Å²) in [5.74, 6) is -0.0722. The van der Waals surface area contributed by atoms with Crippen molar-refractivity contribution in [1.82, 2.24) is 10.3 Å². The molecule has 0 aliphatic heterocycles. The predicted molar refractivity (Wildman–Crippen MR) is 81.3 cm³/mol. The van der Waals surface area contributed by atoms with Gasteiger partial charge in [0.25, 0.3) is 5.91 Å². The molecule has 5 heteroatoms. The zero-order chi connectivity index (χ0) is 14.4. The van der Waals surface area contributed by atoms with Gasteiger partial charge in [0, 0.05) is 31.5 Å². The highest BCUT2D eigenvalue weighted by Crippen LogP contribution is 2.19. The van der Waals surface area contributed by atoms with E-state index < -0.39 is 0 Å². The summed E-state index contributed by atoms with van der Waals surface area (Å²) in [6.45, 7) is 0.737. The summed E-state index contributed by atoms with van der Waals surface area (Å²) in [4.78, 5) is 15.5. The van der Waals surface area contributed by atoms with Gasteiger partial charge in [-0.2, -0.15) is 0 Å². The number of rotatable bonds is 5. The van der Waals surface area contributed by atoms with Crippen molar-refractivity contribution in [3.63, 3.8) is 0 Å². The first-order valence-electron chi connectivity index (χ1n) is 6.35. The predicted octanol–water partition coefficient (Wildman–Crippen LogP) is 2.75. The highest BCUT2D eigenvalue weighted by Gasteiger charge is 2.04. The molecule has 0 atom stereocenters. The largest absolute Gasteiger partial charge is 0.383 e. The Morgan fingerprint density at radius 2 is 2.20 bits per heavy atom. The molecule has 0 aliphatic carbocycles. The SMILES string of the molecule is CNC(=O)c1cccc(CCNc2ccncc2Cl)c1. The number of hydrogen-bond acceptors (Lipinski definition) is 3. The Bertz CT molecular complexity index is 601. The van der Waals surface area contributed by atoms with Crippen LogP contribution in [0, 0.1) is 0 Å². The van der Waals surface area contributed by atoms with Crippen LogP contribution in [0.2, 0.25) is 5.02 Å². The highest BCUT2D eigenvalue weighted by molar-refractivity contribution is 6.33. The second kappa shape index (κ2) is 6.91. The summed E-state index contributed by atoms with van der Waals surface area (Å²) in [5, 5.41) is 6.47. The van der Waals surface area contributed by atoms with E-state index in [0.717, 1.165) is 24.2 Å². The van der Waals surface area contributed by atoms with Crippen molar-refractivity contribution in [2.45, 2.75) is 6.42 Å². The van der Waals surface area contributed by atoms with Crippen LogP contribution < -0.4 is 10.6 Å². The Morgan fingerprint density at radius 3 is 2.95 bits per heavy atom. The van der Waals surface area contributed by atoms with Gasteiger partial charge in [0.05, 0.1) is 10.7 Å². The van der Waals surface area contributed by atoms with Crippen molar-refractivity contribution in [2.24, 2.45) is 0 Å². The fraction of sp³-hybridized carbons (Fsp3) is 0.200. The summed E-state index contributed by atoms with van der Waals surface area (Å²) in [5.41, 5.74) is 2.64. The van der Waals surface area contributed by atoms with Gasteiger partial charge in [0.1, 0.15) is 0 Å². The van der Waals surface area contributed by atoms with E-state index in [-0.39, 0.29) is 5.91 Å². The molecule has 1 heterocycles. The summed E-state index contributed by atoms with van der Waals surface area (Å²) < 4.78 is 0. The smallest absolute Gasteiger partial charge is 0.251 e. The number of hydrogen-bond donors (Lipinski definition) is 2. The quantitative estimate of drug-likeness (QED) is 0.890. The minimum Gasteiger partial charge on any atom is -0.383 e. The van der Waals surface area contributed by atoms with E-state index in [0.29, 0.717) is 10.6 Å². The lowest BCUT2D eigenvalue weighted by Gasteiger charge is -2.08. The topological polar surface area (TPSA) is 54.0 Å². The lowest BCUT2D eigenvalue weighted by atomic mass is 10.1. The van der Waals surface area contributed by atoms with Crippen LogP contribution in [0.25, 0.3) is 0 Å². The van der Waals surface area contributed by atoms with Gasteiger partial charge in [-0.3, -0.25) is 9.78 Å². The minimum absolute atomic E-state index is 0.0722. The monoisotopic (exact) mass is 289 g/mol. The van der Waals surface area contributed by atoms with Crippen LogP contribution in [0.4, 0.5) is 5.69 Å². The zero-order valence-electron chi connectivity index (χ0n) is 11.2. The molecule has 0 fully saturated rings. The zero-order valence-corrected chi connectivity index (χ0v) is 11.9. The molecule has 20 heavy (non-hydrogen) atoms. The Morgan fingerprint density at radius 1 is 1.35 bits per heavy atom. The molecule has 0 saturated carbocycles. The first-order chi connectivity index (χ1) is 9.70. The fourth-order valence-corrected chi connectivity index (χ4v) is 2.06. The van der Waals surface area contributed by atoms with Gasteiger partial charge in [0.15, 0.2) is 0 Å². The van der Waals surface area contributed by atoms with Crippen LogP contribution >= 0.6 is 11.6 Å². The second-order valence-electron chi connectivity index (χ2n) is 4.31. The fourth-order valence-electron chi connectivity index (χ4n) is 1.87. The molecule has 2 rings (SSSR count). The van der Waals surface area contributed by atoms with Crippen LogP contribution in [0.15, 0.2) is 42.7 Å². The Balaban J connectivity index is 1.94. The summed E-state index contributed by atoms with van der Waals surface area (Å²) in [7, 11) is 1.63. The standard InChI is InChI=1S/C15H16ClN3O/c1-17-15(20)12-4-2-3-11(9-12)5-8-19-14-6-7-18-10-13(14)16/h2-4,6-7,9-10H,5,8H2,1H3,(H,17,20)(H,18,19). The molecule has 1 amide bonds. The van der Waals surface area contributed by atoms with E-state index >= 15 is 0 Å². The molecule has 2 N–H and O–H groups in total. The lowest BCUT2D eigenvalue weighted by molar-refractivity contribution is 0.0963. The third kappa shape index (κ3) is 3.71. The summed E-state index contributed by atoms with van der Waals surface area (Å²) >= 11 is 6.01. The van der Waals surface area contributed by atoms with E-state index in [2.05, 4.69) is 15.6 Å². The Kier molecular flexibility index (Phi) is 4.96. The molecular formula is C15H16ClN3O.